The first-order valence-electron chi connectivity index (χ1n) is 16.3. The number of fused-ring (bicyclic) bond motifs is 11. The fraction of sp³-hybridized carbons (Fsp3) is 0. The summed E-state index contributed by atoms with van der Waals surface area (Å²) in [6.45, 7) is 0. The number of nitrogens with zero attached hydrogens (tertiary/aromatic N) is 5. The van der Waals surface area contributed by atoms with Crippen molar-refractivity contribution in [2.75, 3.05) is 14.4 Å². The van der Waals surface area contributed by atoms with Gasteiger partial charge in [0, 0.05) is 43.8 Å². The van der Waals surface area contributed by atoms with Crippen LogP contribution in [-0.2, 0) is 0 Å². The van der Waals surface area contributed by atoms with E-state index in [0.717, 1.165) is 22.9 Å². The lowest BCUT2D eigenvalue weighted by Crippen LogP contribution is -2.51. The Morgan fingerprint density at radius 3 is 1.85 bits per heavy atom. The molecule has 0 saturated carbocycles. The van der Waals surface area contributed by atoms with Crippen LogP contribution in [0.15, 0.2) is 158 Å². The van der Waals surface area contributed by atoms with Gasteiger partial charge in [-0.25, -0.2) is 4.98 Å². The summed E-state index contributed by atoms with van der Waals surface area (Å²) in [5, 5.41) is 5.04. The summed E-state index contributed by atoms with van der Waals surface area (Å²) in [5.74, 6) is 0.977. The number of hydrogen-bond acceptors (Lipinski definition) is 5. The van der Waals surface area contributed by atoms with E-state index in [0.29, 0.717) is 0 Å². The SMILES string of the molecule is c1ccc(N2B3N(c4cc(-n5c6ccccc6c6ccccc65)ccc42)c2ccccc2N3c2nccc3c2sc2ccccc23)cc1. The van der Waals surface area contributed by atoms with E-state index in [9.17, 15) is 0 Å². The molecule has 0 unspecified atom stereocenters. The van der Waals surface area contributed by atoms with E-state index in [1.165, 1.54) is 59.0 Å². The van der Waals surface area contributed by atoms with Crippen LogP contribution < -0.4 is 14.4 Å². The standard InChI is InChI=1S/C41H26BN5S/c1-2-12-27(13-3-1)45-37-23-22-28(44-33-17-7-4-14-29(33)30-15-5-8-18-34(30)44)26-38(37)46-35-19-9-10-20-36(35)47(42(45)46)41-40-32(24-25-43-41)31-16-6-11-21-39(31)48-40/h1-26H. The minimum atomic E-state index is -0.184. The maximum Gasteiger partial charge on any atom is 0.520 e. The van der Waals surface area contributed by atoms with E-state index in [1.807, 2.05) is 17.5 Å². The Bertz CT molecular complexity index is 2680. The van der Waals surface area contributed by atoms with Crippen molar-refractivity contribution in [3.63, 3.8) is 0 Å². The van der Waals surface area contributed by atoms with Crippen LogP contribution in [0.1, 0.15) is 0 Å². The first-order chi connectivity index (χ1) is 23.8. The molecule has 9 aromatic rings. The average molecular weight is 632 g/mol. The molecule has 0 fully saturated rings. The number of rotatable bonds is 3. The van der Waals surface area contributed by atoms with Crippen molar-refractivity contribution in [3.05, 3.63) is 158 Å². The van der Waals surface area contributed by atoms with Gasteiger partial charge in [-0.2, -0.15) is 0 Å². The van der Waals surface area contributed by atoms with E-state index >= 15 is 0 Å². The molecule has 6 aromatic carbocycles. The molecule has 0 aliphatic carbocycles. The van der Waals surface area contributed by atoms with Gasteiger partial charge in [0.05, 0.1) is 38.5 Å². The van der Waals surface area contributed by atoms with Crippen LogP contribution in [0.2, 0.25) is 0 Å². The molecule has 2 aliphatic heterocycles. The Hall–Kier alpha value is -6.05. The van der Waals surface area contributed by atoms with Crippen molar-refractivity contribution in [1.82, 2.24) is 9.55 Å². The van der Waals surface area contributed by atoms with Crippen LogP contribution in [0.25, 0.3) is 47.7 Å². The fourth-order valence-electron chi connectivity index (χ4n) is 7.99. The molecule has 0 bridgehead atoms. The monoisotopic (exact) mass is 631 g/mol. The van der Waals surface area contributed by atoms with Crippen LogP contribution in [0.4, 0.5) is 34.3 Å². The Kier molecular flexibility index (Phi) is 5.29. The third-order valence-corrected chi connectivity index (χ3v) is 11.1. The largest absolute Gasteiger partial charge is 0.520 e. The lowest BCUT2D eigenvalue weighted by atomic mass is 9.86. The Labute approximate surface area is 281 Å². The van der Waals surface area contributed by atoms with Crippen LogP contribution in [0.5, 0.6) is 0 Å². The molecule has 7 heteroatoms. The summed E-state index contributed by atoms with van der Waals surface area (Å²) in [4.78, 5) is 12.6. The number of pyridine rings is 1. The van der Waals surface area contributed by atoms with Crippen molar-refractivity contribution >= 4 is 94.7 Å². The number of aromatic nitrogens is 2. The highest BCUT2D eigenvalue weighted by Gasteiger charge is 2.54. The van der Waals surface area contributed by atoms with Gasteiger partial charge >= 0.3 is 7.12 Å². The Morgan fingerprint density at radius 1 is 0.458 bits per heavy atom. The zero-order valence-corrected chi connectivity index (χ0v) is 26.5. The Balaban J connectivity index is 1.18. The van der Waals surface area contributed by atoms with Crippen molar-refractivity contribution in [2.24, 2.45) is 0 Å². The normalized spacial score (nSPS) is 13.7. The van der Waals surface area contributed by atoms with Crippen molar-refractivity contribution in [1.29, 1.82) is 0 Å². The minimum Gasteiger partial charge on any atom is -0.343 e. The first kappa shape index (κ1) is 26.1. The van der Waals surface area contributed by atoms with Gasteiger partial charge in [0.25, 0.3) is 0 Å². The topological polar surface area (TPSA) is 27.5 Å². The first-order valence-corrected chi connectivity index (χ1v) is 17.1. The molecule has 0 saturated heterocycles. The molecule has 48 heavy (non-hydrogen) atoms. The lowest BCUT2D eigenvalue weighted by molar-refractivity contribution is 1.18. The van der Waals surface area contributed by atoms with Crippen molar-refractivity contribution < 1.29 is 0 Å². The molecule has 0 radical (unpaired) electrons. The molecular formula is C41H26BN5S. The van der Waals surface area contributed by atoms with Crippen LogP contribution in [0.3, 0.4) is 0 Å². The molecule has 11 rings (SSSR count). The van der Waals surface area contributed by atoms with Gasteiger partial charge in [0.1, 0.15) is 5.82 Å². The second-order valence-corrected chi connectivity index (χ2v) is 13.5. The van der Waals surface area contributed by atoms with Gasteiger partial charge in [-0.1, -0.05) is 84.9 Å². The van der Waals surface area contributed by atoms with Gasteiger partial charge in [-0.05, 0) is 66.7 Å². The molecule has 0 N–H and O–H groups in total. The minimum absolute atomic E-state index is 0.184. The highest BCUT2D eigenvalue weighted by atomic mass is 32.1. The van der Waals surface area contributed by atoms with E-state index in [-0.39, 0.29) is 7.12 Å². The number of anilines is 6. The van der Waals surface area contributed by atoms with E-state index in [1.54, 1.807) is 0 Å². The molecule has 3 aromatic heterocycles. The number of hydrogen-bond donors (Lipinski definition) is 0. The Morgan fingerprint density at radius 2 is 1.08 bits per heavy atom. The van der Waals surface area contributed by atoms with Crippen LogP contribution in [0, 0.1) is 0 Å². The maximum atomic E-state index is 5.14. The summed E-state index contributed by atoms with van der Waals surface area (Å²) in [6.07, 6.45) is 1.97. The second-order valence-electron chi connectivity index (χ2n) is 12.4. The van der Waals surface area contributed by atoms with Crippen LogP contribution >= 0.6 is 11.3 Å². The van der Waals surface area contributed by atoms with Gasteiger partial charge in [0.2, 0.25) is 0 Å². The zero-order chi connectivity index (χ0) is 31.3. The van der Waals surface area contributed by atoms with E-state index in [4.69, 9.17) is 4.98 Å². The fourth-order valence-corrected chi connectivity index (χ4v) is 9.17. The summed E-state index contributed by atoms with van der Waals surface area (Å²) >= 11 is 1.82. The molecular weight excluding hydrogens is 605 g/mol. The van der Waals surface area contributed by atoms with E-state index in [2.05, 4.69) is 171 Å². The lowest BCUT2D eigenvalue weighted by Gasteiger charge is -2.31. The number of para-hydroxylation sites is 5. The highest BCUT2D eigenvalue weighted by molar-refractivity contribution is 7.26. The molecule has 224 valence electrons. The van der Waals surface area contributed by atoms with Gasteiger partial charge in [-0.3, -0.25) is 0 Å². The van der Waals surface area contributed by atoms with Crippen molar-refractivity contribution in [2.45, 2.75) is 0 Å². The molecule has 5 nitrogen and oxygen atoms in total. The summed E-state index contributed by atoms with van der Waals surface area (Å²) in [5.41, 5.74) is 9.34. The smallest absolute Gasteiger partial charge is 0.343 e. The van der Waals surface area contributed by atoms with Gasteiger partial charge in [-0.15, -0.1) is 11.3 Å². The van der Waals surface area contributed by atoms with Crippen molar-refractivity contribution in [3.8, 4) is 5.69 Å². The summed E-state index contributed by atoms with van der Waals surface area (Å²) < 4.78 is 4.88. The predicted octanol–water partition coefficient (Wildman–Crippen LogP) is 11.0. The predicted molar refractivity (Wildman–Crippen MR) is 203 cm³/mol. The molecule has 5 heterocycles. The summed E-state index contributed by atoms with van der Waals surface area (Å²) in [7, 11) is -0.184. The second kappa shape index (κ2) is 9.73. The average Bonchev–Trinajstić information content (AvgIpc) is 3.88. The molecule has 2 aliphatic rings. The van der Waals surface area contributed by atoms with E-state index < -0.39 is 0 Å². The molecule has 0 atom stereocenters. The third kappa shape index (κ3) is 3.43. The maximum absolute atomic E-state index is 5.14. The van der Waals surface area contributed by atoms with Gasteiger partial charge < -0.3 is 19.0 Å². The quantitative estimate of drug-likeness (QED) is 0.181. The third-order valence-electron chi connectivity index (χ3n) is 9.95. The molecule has 0 amide bonds. The summed E-state index contributed by atoms with van der Waals surface area (Å²) in [6, 6.07) is 54.8. The van der Waals surface area contributed by atoms with Gasteiger partial charge in [0.15, 0.2) is 0 Å². The zero-order valence-electron chi connectivity index (χ0n) is 25.7. The highest BCUT2D eigenvalue weighted by Crippen LogP contribution is 2.57. The van der Waals surface area contributed by atoms with Crippen LogP contribution in [-0.4, -0.2) is 16.7 Å². The number of thiophene rings is 1. The number of benzene rings is 6. The molecule has 0 spiro atoms.